The lowest BCUT2D eigenvalue weighted by Crippen LogP contribution is -2.50. The molecule has 1 aliphatic heterocycles. The number of carbonyl (C=O) groups excluding carboxylic acids is 1. The number of hydrogen-bond acceptors (Lipinski definition) is 5. The van der Waals surface area contributed by atoms with Crippen molar-refractivity contribution in [2.45, 2.75) is 51.5 Å². The van der Waals surface area contributed by atoms with Crippen molar-refractivity contribution >= 4 is 23.1 Å². The average molecular weight is 391 g/mol. The van der Waals surface area contributed by atoms with Gasteiger partial charge < -0.3 is 15.5 Å². The van der Waals surface area contributed by atoms with E-state index in [1.165, 1.54) is 0 Å². The monoisotopic (exact) mass is 390 g/mol. The van der Waals surface area contributed by atoms with Crippen LogP contribution < -0.4 is 15.5 Å². The van der Waals surface area contributed by atoms with E-state index in [9.17, 15) is 4.79 Å². The molecule has 2 amide bonds. The largest absolute Gasteiger partial charge is 0.367 e. The van der Waals surface area contributed by atoms with Crippen molar-refractivity contribution in [2.75, 3.05) is 24.5 Å². The summed E-state index contributed by atoms with van der Waals surface area (Å²) in [6, 6.07) is 0.0602. The van der Waals surface area contributed by atoms with E-state index < -0.39 is 0 Å². The van der Waals surface area contributed by atoms with Gasteiger partial charge in [0.2, 0.25) is 0 Å². The number of nitrogens with zero attached hydrogens (tertiary/aromatic N) is 4. The fourth-order valence-electron chi connectivity index (χ4n) is 3.21. The lowest BCUT2D eigenvalue weighted by Gasteiger charge is -2.33. The molecule has 1 unspecified atom stereocenters. The van der Waals surface area contributed by atoms with E-state index in [1.807, 2.05) is 24.1 Å². The van der Waals surface area contributed by atoms with Gasteiger partial charge in [-0.05, 0) is 12.8 Å². The molecule has 0 spiro atoms. The molecule has 1 fully saturated rings. The van der Waals surface area contributed by atoms with Gasteiger partial charge >= 0.3 is 6.03 Å². The van der Waals surface area contributed by atoms with Crippen LogP contribution in [-0.4, -0.2) is 46.5 Å². The second-order valence-corrected chi connectivity index (χ2v) is 9.06. The topological polar surface area (TPSA) is 75.1 Å². The van der Waals surface area contributed by atoms with Crippen molar-refractivity contribution < 1.29 is 4.79 Å². The van der Waals surface area contributed by atoms with Crippen LogP contribution in [0.3, 0.4) is 0 Å². The zero-order chi connectivity index (χ0) is 19.4. The molecule has 2 aromatic heterocycles. The van der Waals surface area contributed by atoms with Crippen LogP contribution in [0.1, 0.15) is 44.3 Å². The minimum Gasteiger partial charge on any atom is -0.367 e. The molecule has 2 N–H and O–H groups in total. The Morgan fingerprint density at radius 3 is 2.89 bits per heavy atom. The van der Waals surface area contributed by atoms with Gasteiger partial charge in [-0.2, -0.15) is 5.10 Å². The summed E-state index contributed by atoms with van der Waals surface area (Å²) < 4.78 is 1.81. The number of amides is 2. The number of anilines is 1. The van der Waals surface area contributed by atoms with Crippen molar-refractivity contribution in [3.05, 3.63) is 28.5 Å². The highest BCUT2D eigenvalue weighted by Crippen LogP contribution is 2.25. The third kappa shape index (κ3) is 5.45. The molecule has 0 radical (unpaired) electrons. The van der Waals surface area contributed by atoms with Crippen LogP contribution in [0.15, 0.2) is 17.8 Å². The van der Waals surface area contributed by atoms with Crippen LogP contribution in [0.2, 0.25) is 0 Å². The minimum absolute atomic E-state index is 0.0782. The summed E-state index contributed by atoms with van der Waals surface area (Å²) in [5.41, 5.74) is 2.24. The Kier molecular flexibility index (Phi) is 6.04. The number of urea groups is 1. The van der Waals surface area contributed by atoms with Crippen molar-refractivity contribution in [1.29, 1.82) is 0 Å². The van der Waals surface area contributed by atoms with Crippen molar-refractivity contribution in [2.24, 2.45) is 7.05 Å². The molecule has 0 aromatic carbocycles. The van der Waals surface area contributed by atoms with Gasteiger partial charge in [0.1, 0.15) is 0 Å². The molecule has 27 heavy (non-hydrogen) atoms. The van der Waals surface area contributed by atoms with E-state index in [-0.39, 0.29) is 17.5 Å². The maximum atomic E-state index is 12.2. The molecule has 0 aliphatic carbocycles. The highest BCUT2D eigenvalue weighted by Gasteiger charge is 2.22. The predicted molar refractivity (Wildman–Crippen MR) is 109 cm³/mol. The van der Waals surface area contributed by atoms with Gasteiger partial charge in [0.25, 0.3) is 0 Å². The number of hydrogen-bond donors (Lipinski definition) is 2. The SMILES string of the molecule is Cn1cc(N2CCCC(NC(=O)NCCc3csc(C(C)(C)C)n3)C2)cn1. The Labute approximate surface area is 165 Å². The number of aromatic nitrogens is 3. The molecule has 1 saturated heterocycles. The van der Waals surface area contributed by atoms with Crippen molar-refractivity contribution in [3.63, 3.8) is 0 Å². The van der Waals surface area contributed by atoms with Crippen molar-refractivity contribution in [1.82, 2.24) is 25.4 Å². The summed E-state index contributed by atoms with van der Waals surface area (Å²) in [4.78, 5) is 19.2. The summed E-state index contributed by atoms with van der Waals surface area (Å²) in [5, 5.41) is 13.5. The van der Waals surface area contributed by atoms with Gasteiger partial charge in [-0.3, -0.25) is 4.68 Å². The lowest BCUT2D eigenvalue weighted by molar-refractivity contribution is 0.235. The summed E-state index contributed by atoms with van der Waals surface area (Å²) in [6.07, 6.45) is 6.72. The van der Waals surface area contributed by atoms with E-state index in [2.05, 4.69) is 51.8 Å². The van der Waals surface area contributed by atoms with Crippen LogP contribution in [0, 0.1) is 0 Å². The molecule has 1 atom stereocenters. The molecule has 0 saturated carbocycles. The average Bonchev–Trinajstić information content (AvgIpc) is 3.24. The number of thiazole rings is 1. The second-order valence-electron chi connectivity index (χ2n) is 8.20. The van der Waals surface area contributed by atoms with Crippen LogP contribution in [-0.2, 0) is 18.9 Å². The van der Waals surface area contributed by atoms with E-state index in [4.69, 9.17) is 0 Å². The van der Waals surface area contributed by atoms with Crippen LogP contribution in [0.5, 0.6) is 0 Å². The quantitative estimate of drug-likeness (QED) is 0.823. The normalized spacial score (nSPS) is 17.8. The van der Waals surface area contributed by atoms with Crippen molar-refractivity contribution in [3.8, 4) is 0 Å². The van der Waals surface area contributed by atoms with E-state index in [0.29, 0.717) is 6.54 Å². The zero-order valence-electron chi connectivity index (χ0n) is 16.7. The smallest absolute Gasteiger partial charge is 0.315 e. The summed E-state index contributed by atoms with van der Waals surface area (Å²) in [7, 11) is 1.92. The summed E-state index contributed by atoms with van der Waals surface area (Å²) in [5.74, 6) is 0. The molecule has 148 valence electrons. The zero-order valence-corrected chi connectivity index (χ0v) is 17.5. The molecule has 8 heteroatoms. The highest BCUT2D eigenvalue weighted by molar-refractivity contribution is 7.09. The van der Waals surface area contributed by atoms with Crippen LogP contribution in [0.25, 0.3) is 0 Å². The maximum absolute atomic E-state index is 12.2. The first kappa shape index (κ1) is 19.7. The maximum Gasteiger partial charge on any atom is 0.315 e. The van der Waals surface area contributed by atoms with Crippen LogP contribution >= 0.6 is 11.3 Å². The number of rotatable bonds is 5. The number of carbonyl (C=O) groups is 1. The molecular formula is C19H30N6OS. The predicted octanol–water partition coefficient (Wildman–Crippen LogP) is 2.68. The lowest BCUT2D eigenvalue weighted by atomic mass is 9.98. The first-order valence-corrected chi connectivity index (χ1v) is 10.4. The molecular weight excluding hydrogens is 360 g/mol. The number of aryl methyl sites for hydroxylation is 1. The van der Waals surface area contributed by atoms with E-state index >= 15 is 0 Å². The van der Waals surface area contributed by atoms with Gasteiger partial charge in [-0.1, -0.05) is 20.8 Å². The Morgan fingerprint density at radius 1 is 1.41 bits per heavy atom. The minimum atomic E-state index is -0.0979. The Bertz CT molecular complexity index is 762. The van der Waals surface area contributed by atoms with Gasteiger partial charge in [0.15, 0.2) is 0 Å². The third-order valence-corrected chi connectivity index (χ3v) is 5.99. The highest BCUT2D eigenvalue weighted by atomic mass is 32.1. The molecule has 7 nitrogen and oxygen atoms in total. The van der Waals surface area contributed by atoms with Crippen LogP contribution in [0.4, 0.5) is 10.5 Å². The molecule has 3 rings (SSSR count). The second kappa shape index (κ2) is 8.29. The molecule has 0 bridgehead atoms. The number of piperidine rings is 1. The van der Waals surface area contributed by atoms with Gasteiger partial charge in [0.05, 0.1) is 22.6 Å². The van der Waals surface area contributed by atoms with E-state index in [0.717, 1.165) is 48.7 Å². The number of nitrogens with one attached hydrogen (secondary N) is 2. The van der Waals surface area contributed by atoms with Gasteiger partial charge in [0, 0.05) is 56.1 Å². The Morgan fingerprint density at radius 2 is 2.22 bits per heavy atom. The first-order valence-electron chi connectivity index (χ1n) is 9.54. The van der Waals surface area contributed by atoms with E-state index in [1.54, 1.807) is 11.3 Å². The standard InChI is InChI=1S/C19H30N6OS/c1-19(2,3)17-22-15(13-27-17)7-8-20-18(26)23-14-6-5-9-25(11-14)16-10-21-24(4)12-16/h10,12-14H,5-9,11H2,1-4H3,(H2,20,23,26). The Hall–Kier alpha value is -2.09. The molecule has 3 heterocycles. The Balaban J connectivity index is 1.42. The van der Waals surface area contributed by atoms with Gasteiger partial charge in [-0.25, -0.2) is 9.78 Å². The van der Waals surface area contributed by atoms with Gasteiger partial charge in [-0.15, -0.1) is 11.3 Å². The first-order chi connectivity index (χ1) is 12.8. The summed E-state index contributed by atoms with van der Waals surface area (Å²) >= 11 is 1.69. The third-order valence-electron chi connectivity index (χ3n) is 4.67. The summed E-state index contributed by atoms with van der Waals surface area (Å²) in [6.45, 7) is 8.92. The fourth-order valence-corrected chi connectivity index (χ4v) is 4.15. The molecule has 1 aliphatic rings. The fraction of sp³-hybridized carbons (Fsp3) is 0.632. The molecule has 2 aromatic rings.